The van der Waals surface area contributed by atoms with Crippen LogP contribution in [0.2, 0.25) is 0 Å². The second-order valence-electron chi connectivity index (χ2n) is 18.8. The third-order valence-electron chi connectivity index (χ3n) is 12.3. The van der Waals surface area contributed by atoms with Gasteiger partial charge < -0.3 is 49.3 Å². The lowest BCUT2D eigenvalue weighted by atomic mass is 9.85. The molecule has 4 unspecified atom stereocenters. The first-order valence-electron chi connectivity index (χ1n) is 26.2. The lowest BCUT2D eigenvalue weighted by Gasteiger charge is -2.44. The van der Waals surface area contributed by atoms with Crippen molar-refractivity contribution in [1.29, 1.82) is 0 Å². The van der Waals surface area contributed by atoms with E-state index in [1.165, 1.54) is 89.9 Å². The van der Waals surface area contributed by atoms with Crippen molar-refractivity contribution >= 4 is 41.2 Å². The van der Waals surface area contributed by atoms with Crippen molar-refractivity contribution in [2.45, 2.75) is 268 Å². The fourth-order valence-electron chi connectivity index (χ4n) is 8.41. The van der Waals surface area contributed by atoms with Crippen molar-refractivity contribution < 1.29 is 95.4 Å². The van der Waals surface area contributed by atoms with Crippen molar-refractivity contribution in [3.8, 4) is 0 Å². The largest absolute Gasteiger partial charge is 0.472 e. The molecule has 23 heteroatoms. The molecule has 0 amide bonds. The van der Waals surface area contributed by atoms with E-state index in [9.17, 15) is 67.9 Å². The average Bonchev–Trinajstić information content (AvgIpc) is 3.28. The molecule has 8 N–H and O–H groups in total. The Morgan fingerprint density at radius 2 is 0.771 bits per heavy atom. The molecule has 0 aliphatic heterocycles. The van der Waals surface area contributed by atoms with Gasteiger partial charge in [0.2, 0.25) is 0 Å². The molecule has 0 aromatic heterocycles. The fraction of sp³-hybridized carbons (Fsp3) is 0.936. The molecule has 0 heterocycles. The van der Waals surface area contributed by atoms with Crippen molar-refractivity contribution in [3.05, 3.63) is 0 Å². The number of Topliss-reactive ketones (excluding diaryl/α,β-unsaturated/α-hetero) is 1. The van der Waals surface area contributed by atoms with E-state index in [1.54, 1.807) is 0 Å². The Labute approximate surface area is 417 Å². The first kappa shape index (κ1) is 66.8. The molecule has 0 radical (unpaired) electrons. The Morgan fingerprint density at radius 3 is 1.17 bits per heavy atom. The minimum Gasteiger partial charge on any atom is -0.462 e. The summed E-state index contributed by atoms with van der Waals surface area (Å²) in [5.41, 5.74) is 0. The van der Waals surface area contributed by atoms with Gasteiger partial charge in [0.1, 0.15) is 49.0 Å². The van der Waals surface area contributed by atoms with Crippen molar-refractivity contribution in [2.75, 3.05) is 13.2 Å². The van der Waals surface area contributed by atoms with Crippen LogP contribution in [0.15, 0.2) is 0 Å². The maximum Gasteiger partial charge on any atom is 0.472 e. The lowest BCUT2D eigenvalue weighted by Crippen LogP contribution is -2.65. The SMILES string of the molecule is CCCCCCCCCCCCCCCC(=O)O[C@H](COC(=O)CCCCCCCCCCCCCCCCCC(=O)CCC)COP(=O)(O)OC1C(O)[C@@H](O)C(OP(=O)(O)O)[C@@H](OP(=O)(O)O)[C@H]1O. The van der Waals surface area contributed by atoms with E-state index in [4.69, 9.17) is 18.5 Å². The van der Waals surface area contributed by atoms with E-state index in [1.807, 2.05) is 6.92 Å². The molecule has 20 nitrogen and oxygen atoms in total. The second-order valence-corrected chi connectivity index (χ2v) is 22.6. The summed E-state index contributed by atoms with van der Waals surface area (Å²) in [6.07, 6.45) is 16.6. The number of aliphatic hydroxyl groups is 3. The highest BCUT2D eigenvalue weighted by Gasteiger charge is 2.56. The van der Waals surface area contributed by atoms with Gasteiger partial charge in [-0.15, -0.1) is 0 Å². The zero-order valence-electron chi connectivity index (χ0n) is 42.1. The third kappa shape index (κ3) is 35.1. The molecule has 1 aliphatic rings. The first-order chi connectivity index (χ1) is 33.2. The quantitative estimate of drug-likeness (QED) is 0.0160. The van der Waals surface area contributed by atoms with E-state index in [2.05, 4.69) is 16.0 Å². The summed E-state index contributed by atoms with van der Waals surface area (Å²) in [5.74, 6) is -0.917. The number of hydrogen-bond acceptors (Lipinski definition) is 15. The Kier molecular flexibility index (Phi) is 37.5. The van der Waals surface area contributed by atoms with Gasteiger partial charge in [-0.1, -0.05) is 174 Å². The summed E-state index contributed by atoms with van der Waals surface area (Å²) in [5, 5.41) is 31.9. The first-order valence-corrected chi connectivity index (χ1v) is 30.8. The number of unbranched alkanes of at least 4 members (excludes halogenated alkanes) is 26. The van der Waals surface area contributed by atoms with Gasteiger partial charge in [-0.2, -0.15) is 0 Å². The molecule has 0 aromatic rings. The van der Waals surface area contributed by atoms with Crippen LogP contribution in [-0.2, 0) is 55.6 Å². The van der Waals surface area contributed by atoms with Gasteiger partial charge in [0.15, 0.2) is 6.10 Å². The van der Waals surface area contributed by atoms with Gasteiger partial charge in [0, 0.05) is 25.7 Å². The Bertz CT molecular complexity index is 1530. The minimum absolute atomic E-state index is 0.00245. The molecular formula is C47H91O20P3. The van der Waals surface area contributed by atoms with Crippen LogP contribution in [0.5, 0.6) is 0 Å². The van der Waals surface area contributed by atoms with Crippen LogP contribution in [-0.4, -0.2) is 113 Å². The normalized spacial score (nSPS) is 21.1. The highest BCUT2D eigenvalue weighted by Crippen LogP contribution is 2.51. The standard InChI is InChI=1S/C47H91O20P3/c1-3-5-6-7-8-9-10-14-19-22-25-28-31-35-41(50)64-39(36-62-40(49)34-30-27-24-21-18-16-13-11-12-15-17-20-23-26-29-33-38(48)32-4-2)37-63-70(60,61)67-45-42(51)43(52)46(65-68(54,55)56)47(44(45)53)66-69(57,58)59/h39,42-47,51-53H,3-37H2,1-2H3,(H,60,61)(H2,54,55,56)(H2,57,58,59)/t39-,42?,43-,44+,45?,46?,47+/m1/s1. The number of carbonyl (C=O) groups excluding carboxylic acids is 3. The molecular weight excluding hydrogens is 977 g/mol. The number of phosphoric ester groups is 3. The van der Waals surface area contributed by atoms with Crippen LogP contribution >= 0.6 is 23.5 Å². The number of rotatable bonds is 46. The summed E-state index contributed by atoms with van der Waals surface area (Å²) in [6.45, 7) is 2.75. The molecule has 0 spiro atoms. The van der Waals surface area contributed by atoms with Crippen molar-refractivity contribution in [1.82, 2.24) is 0 Å². The Morgan fingerprint density at radius 1 is 0.414 bits per heavy atom. The maximum absolute atomic E-state index is 13.1. The van der Waals surface area contributed by atoms with Crippen LogP contribution < -0.4 is 0 Å². The van der Waals surface area contributed by atoms with E-state index in [-0.39, 0.29) is 12.8 Å². The van der Waals surface area contributed by atoms with Gasteiger partial charge in [0.25, 0.3) is 0 Å². The van der Waals surface area contributed by atoms with Crippen LogP contribution in [0.4, 0.5) is 0 Å². The molecule has 8 atom stereocenters. The smallest absolute Gasteiger partial charge is 0.462 e. The second kappa shape index (κ2) is 39.3. The van der Waals surface area contributed by atoms with E-state index in [0.29, 0.717) is 25.0 Å². The number of hydrogen-bond donors (Lipinski definition) is 8. The molecule has 0 aromatic carbocycles. The molecule has 1 saturated carbocycles. The zero-order valence-corrected chi connectivity index (χ0v) is 44.8. The predicted octanol–water partition coefficient (Wildman–Crippen LogP) is 9.48. The minimum atomic E-state index is -5.60. The number of ketones is 1. The molecule has 1 rings (SSSR count). The topological polar surface area (TPSA) is 320 Å². The molecule has 414 valence electrons. The van der Waals surface area contributed by atoms with Gasteiger partial charge in [-0.25, -0.2) is 13.7 Å². The average molecular weight is 1070 g/mol. The molecule has 70 heavy (non-hydrogen) atoms. The van der Waals surface area contributed by atoms with Crippen molar-refractivity contribution in [3.63, 3.8) is 0 Å². The summed E-state index contributed by atoms with van der Waals surface area (Å²) in [6, 6.07) is 0. The van der Waals surface area contributed by atoms with Gasteiger partial charge in [-0.05, 0) is 25.7 Å². The van der Waals surface area contributed by atoms with Crippen LogP contribution in [0.3, 0.4) is 0 Å². The molecule has 1 fully saturated rings. The van der Waals surface area contributed by atoms with E-state index >= 15 is 0 Å². The zero-order chi connectivity index (χ0) is 52.3. The van der Waals surface area contributed by atoms with Crippen LogP contribution in [0.25, 0.3) is 0 Å². The van der Waals surface area contributed by atoms with Gasteiger partial charge >= 0.3 is 35.4 Å². The van der Waals surface area contributed by atoms with E-state index < -0.39 is 91.3 Å². The number of carbonyl (C=O) groups is 3. The highest BCUT2D eigenvalue weighted by atomic mass is 31.2. The summed E-state index contributed by atoms with van der Waals surface area (Å²) in [7, 11) is -16.6. The summed E-state index contributed by atoms with van der Waals surface area (Å²) >= 11 is 0. The van der Waals surface area contributed by atoms with E-state index in [0.717, 1.165) is 89.9 Å². The monoisotopic (exact) mass is 1070 g/mol. The highest BCUT2D eigenvalue weighted by molar-refractivity contribution is 7.47. The number of ether oxygens (including phenoxy) is 2. The van der Waals surface area contributed by atoms with Crippen LogP contribution in [0, 0.1) is 0 Å². The predicted molar refractivity (Wildman–Crippen MR) is 262 cm³/mol. The van der Waals surface area contributed by atoms with Gasteiger partial charge in [0.05, 0.1) is 6.61 Å². The molecule has 0 saturated heterocycles. The fourth-order valence-corrected chi connectivity index (χ4v) is 10.5. The molecule has 1 aliphatic carbocycles. The van der Waals surface area contributed by atoms with Gasteiger partial charge in [-0.3, -0.25) is 32.5 Å². The summed E-state index contributed by atoms with van der Waals surface area (Å²) in [4.78, 5) is 84.9. The molecule has 0 bridgehead atoms. The van der Waals surface area contributed by atoms with Crippen LogP contribution in [0.1, 0.15) is 226 Å². The maximum atomic E-state index is 13.1. The van der Waals surface area contributed by atoms with Crippen molar-refractivity contribution in [2.24, 2.45) is 0 Å². The third-order valence-corrected chi connectivity index (χ3v) is 14.3. The number of phosphoric acid groups is 3. The number of esters is 2. The summed E-state index contributed by atoms with van der Waals surface area (Å²) < 4.78 is 65.6. The lowest BCUT2D eigenvalue weighted by molar-refractivity contribution is -0.213. The Hall–Kier alpha value is -1.18. The Balaban J connectivity index is 2.62. The number of aliphatic hydroxyl groups excluding tert-OH is 3.